The number of benzene rings is 1. The predicted octanol–water partition coefficient (Wildman–Crippen LogP) is 1.79. The van der Waals surface area contributed by atoms with Gasteiger partial charge in [0.2, 0.25) is 0 Å². The molecule has 1 atom stereocenters. The summed E-state index contributed by atoms with van der Waals surface area (Å²) in [7, 11) is 1.77. The van der Waals surface area contributed by atoms with Crippen LogP contribution in [0.25, 0.3) is 0 Å². The fourth-order valence-corrected chi connectivity index (χ4v) is 3.01. The Balaban J connectivity index is 1.42. The zero-order valence-electron chi connectivity index (χ0n) is 12.9. The second-order valence-corrected chi connectivity index (χ2v) is 5.98. The molecular weight excluding hydrogens is 285 g/mol. The van der Waals surface area contributed by atoms with Crippen LogP contribution < -0.4 is 4.90 Å². The molecule has 1 amide bonds. The number of carbonyl (C=O) groups is 1. The molecule has 2 aliphatic rings. The predicted molar refractivity (Wildman–Crippen MR) is 82.6 cm³/mol. The van der Waals surface area contributed by atoms with Crippen LogP contribution in [0.15, 0.2) is 24.3 Å². The van der Waals surface area contributed by atoms with Gasteiger partial charge in [0.05, 0.1) is 6.54 Å². The first-order valence-corrected chi connectivity index (χ1v) is 7.76. The van der Waals surface area contributed by atoms with Gasteiger partial charge in [-0.05, 0) is 30.7 Å². The Morgan fingerprint density at radius 3 is 2.45 bits per heavy atom. The number of hydrogen-bond acceptors (Lipinski definition) is 4. The van der Waals surface area contributed by atoms with Crippen molar-refractivity contribution in [2.45, 2.75) is 12.5 Å². The maximum Gasteiger partial charge on any atom is 0.409 e. The van der Waals surface area contributed by atoms with Crippen molar-refractivity contribution in [3.05, 3.63) is 30.1 Å². The van der Waals surface area contributed by atoms with E-state index in [-0.39, 0.29) is 18.0 Å². The van der Waals surface area contributed by atoms with Crippen LogP contribution in [0.2, 0.25) is 0 Å². The molecule has 2 aliphatic heterocycles. The second kappa shape index (κ2) is 6.52. The first-order chi connectivity index (χ1) is 10.6. The van der Waals surface area contributed by atoms with Crippen LogP contribution in [0.1, 0.15) is 6.42 Å². The third-order valence-electron chi connectivity index (χ3n) is 4.39. The van der Waals surface area contributed by atoms with Crippen LogP contribution >= 0.6 is 0 Å². The van der Waals surface area contributed by atoms with Crippen LogP contribution in [0.3, 0.4) is 0 Å². The minimum Gasteiger partial charge on any atom is -0.444 e. The number of carbonyl (C=O) groups excluding carboxylic acids is 1. The molecule has 1 aromatic carbocycles. The lowest BCUT2D eigenvalue weighted by atomic mass is 10.2. The number of nitrogens with zero attached hydrogens (tertiary/aromatic N) is 3. The van der Waals surface area contributed by atoms with E-state index in [1.807, 2.05) is 12.1 Å². The monoisotopic (exact) mass is 307 g/mol. The fourth-order valence-electron chi connectivity index (χ4n) is 3.01. The summed E-state index contributed by atoms with van der Waals surface area (Å²) in [5, 5.41) is 0. The Bertz CT molecular complexity index is 515. The highest BCUT2D eigenvalue weighted by atomic mass is 19.1. The molecule has 2 saturated heterocycles. The number of likely N-dealkylation sites (N-methyl/N-ethyl adjacent to an activating group) is 1. The van der Waals surface area contributed by atoms with Crippen molar-refractivity contribution in [2.24, 2.45) is 0 Å². The van der Waals surface area contributed by atoms with Crippen LogP contribution in [0, 0.1) is 5.82 Å². The minimum atomic E-state index is -0.217. The molecule has 1 aromatic rings. The van der Waals surface area contributed by atoms with E-state index in [2.05, 4.69) is 9.80 Å². The summed E-state index contributed by atoms with van der Waals surface area (Å²) in [6.45, 7) is 5.48. The van der Waals surface area contributed by atoms with Crippen molar-refractivity contribution in [1.82, 2.24) is 9.80 Å². The van der Waals surface area contributed by atoms with Gasteiger partial charge in [0.1, 0.15) is 11.9 Å². The van der Waals surface area contributed by atoms with Crippen LogP contribution in [0.5, 0.6) is 0 Å². The van der Waals surface area contributed by atoms with Crippen molar-refractivity contribution < 1.29 is 13.9 Å². The summed E-state index contributed by atoms with van der Waals surface area (Å²) in [5.74, 6) is -0.196. The molecular formula is C16H22FN3O2. The molecule has 6 heteroatoms. The molecule has 5 nitrogen and oxygen atoms in total. The van der Waals surface area contributed by atoms with Gasteiger partial charge < -0.3 is 14.5 Å². The van der Waals surface area contributed by atoms with Gasteiger partial charge in [-0.1, -0.05) is 0 Å². The molecule has 0 radical (unpaired) electrons. The fraction of sp³-hybridized carbons (Fsp3) is 0.562. The topological polar surface area (TPSA) is 36.0 Å². The Morgan fingerprint density at radius 1 is 1.18 bits per heavy atom. The Kier molecular flexibility index (Phi) is 4.47. The molecule has 3 rings (SSSR count). The van der Waals surface area contributed by atoms with Gasteiger partial charge in [0.15, 0.2) is 0 Å². The molecule has 2 fully saturated rings. The number of piperazine rings is 1. The third kappa shape index (κ3) is 3.50. The molecule has 2 heterocycles. The van der Waals surface area contributed by atoms with Crippen molar-refractivity contribution in [3.8, 4) is 0 Å². The average Bonchev–Trinajstić information content (AvgIpc) is 2.85. The van der Waals surface area contributed by atoms with Gasteiger partial charge in [-0.3, -0.25) is 4.90 Å². The summed E-state index contributed by atoms with van der Waals surface area (Å²) in [6, 6.07) is 6.68. The van der Waals surface area contributed by atoms with Gasteiger partial charge in [-0.15, -0.1) is 0 Å². The molecule has 0 bridgehead atoms. The SMILES string of the molecule is CN1CC(CCN2CCN(c3ccc(F)cc3)CC2)OC1=O. The van der Waals surface area contributed by atoms with Crippen LogP contribution in [-0.2, 0) is 4.74 Å². The smallest absolute Gasteiger partial charge is 0.409 e. The Hall–Kier alpha value is -1.82. The van der Waals surface area contributed by atoms with E-state index in [4.69, 9.17) is 4.74 Å². The Labute approximate surface area is 130 Å². The first kappa shape index (κ1) is 15.1. The van der Waals surface area contributed by atoms with Gasteiger partial charge >= 0.3 is 6.09 Å². The van der Waals surface area contributed by atoms with Gasteiger partial charge in [-0.2, -0.15) is 0 Å². The van der Waals surface area contributed by atoms with E-state index in [0.29, 0.717) is 6.54 Å². The van der Waals surface area contributed by atoms with Crippen molar-refractivity contribution >= 4 is 11.8 Å². The number of hydrogen-bond donors (Lipinski definition) is 0. The molecule has 0 N–H and O–H groups in total. The van der Waals surface area contributed by atoms with Gasteiger partial charge in [0, 0.05) is 45.5 Å². The highest BCUT2D eigenvalue weighted by molar-refractivity contribution is 5.69. The van der Waals surface area contributed by atoms with Crippen LogP contribution in [0.4, 0.5) is 14.9 Å². The quantitative estimate of drug-likeness (QED) is 0.850. The lowest BCUT2D eigenvalue weighted by Crippen LogP contribution is -2.47. The summed E-state index contributed by atoms with van der Waals surface area (Å²) < 4.78 is 18.2. The van der Waals surface area contributed by atoms with E-state index >= 15 is 0 Å². The first-order valence-electron chi connectivity index (χ1n) is 7.76. The summed E-state index contributed by atoms with van der Waals surface area (Å²) in [6.07, 6.45) is 0.686. The lowest BCUT2D eigenvalue weighted by Gasteiger charge is -2.36. The molecule has 0 saturated carbocycles. The van der Waals surface area contributed by atoms with Crippen molar-refractivity contribution in [3.63, 3.8) is 0 Å². The zero-order chi connectivity index (χ0) is 15.5. The minimum absolute atomic E-state index is 0.0210. The highest BCUT2D eigenvalue weighted by Crippen LogP contribution is 2.18. The standard InChI is InChI=1S/C16H22FN3O2/c1-18-12-15(22-16(18)21)6-7-19-8-10-20(11-9-19)14-4-2-13(17)3-5-14/h2-5,15H,6-12H2,1H3. The van der Waals surface area contributed by atoms with Gasteiger partial charge in [0.25, 0.3) is 0 Å². The highest BCUT2D eigenvalue weighted by Gasteiger charge is 2.28. The second-order valence-electron chi connectivity index (χ2n) is 5.98. The van der Waals surface area contributed by atoms with Crippen molar-refractivity contribution in [1.29, 1.82) is 0 Å². The van der Waals surface area contributed by atoms with E-state index in [0.717, 1.165) is 44.8 Å². The number of ether oxygens (including phenoxy) is 1. The number of amides is 1. The molecule has 0 spiro atoms. The van der Waals surface area contributed by atoms with E-state index in [9.17, 15) is 9.18 Å². The summed E-state index contributed by atoms with van der Waals surface area (Å²) >= 11 is 0. The Morgan fingerprint density at radius 2 is 1.86 bits per heavy atom. The molecule has 120 valence electrons. The number of rotatable bonds is 4. The molecule has 0 aliphatic carbocycles. The van der Waals surface area contributed by atoms with E-state index in [1.54, 1.807) is 11.9 Å². The van der Waals surface area contributed by atoms with E-state index < -0.39 is 0 Å². The summed E-state index contributed by atoms with van der Waals surface area (Å²) in [5.41, 5.74) is 1.08. The maximum atomic E-state index is 13.0. The maximum absolute atomic E-state index is 13.0. The van der Waals surface area contributed by atoms with Gasteiger partial charge in [-0.25, -0.2) is 9.18 Å². The summed E-state index contributed by atoms with van der Waals surface area (Å²) in [4.78, 5) is 17.6. The number of cyclic esters (lactones) is 1. The largest absolute Gasteiger partial charge is 0.444 e. The zero-order valence-corrected chi connectivity index (χ0v) is 12.9. The van der Waals surface area contributed by atoms with Crippen LogP contribution in [-0.4, -0.2) is 68.3 Å². The average molecular weight is 307 g/mol. The number of halogens is 1. The van der Waals surface area contributed by atoms with E-state index in [1.165, 1.54) is 12.1 Å². The molecule has 1 unspecified atom stereocenters. The van der Waals surface area contributed by atoms with Crippen molar-refractivity contribution in [2.75, 3.05) is 51.2 Å². The molecule has 22 heavy (non-hydrogen) atoms. The molecule has 0 aromatic heterocycles. The normalized spacial score (nSPS) is 23.0. The lowest BCUT2D eigenvalue weighted by molar-refractivity contribution is 0.121. The third-order valence-corrected chi connectivity index (χ3v) is 4.39. The number of anilines is 1.